The second-order valence-corrected chi connectivity index (χ2v) is 4.81. The van der Waals surface area contributed by atoms with Crippen molar-refractivity contribution < 1.29 is 9.47 Å². The molecule has 0 amide bonds. The largest absolute Gasteiger partial charge is 0.496 e. The van der Waals surface area contributed by atoms with Gasteiger partial charge in [-0.05, 0) is 25.1 Å². The number of methoxy groups -OCH3 is 2. The Labute approximate surface area is 129 Å². The number of hydrogen-bond donors (Lipinski definition) is 1. The number of rotatable bonds is 6. The molecule has 0 spiro atoms. The number of nitrogens with zero attached hydrogens (tertiary/aromatic N) is 2. The summed E-state index contributed by atoms with van der Waals surface area (Å²) < 4.78 is 10.5. The Bertz CT molecular complexity index is 596. The Kier molecular flexibility index (Phi) is 5.36. The Balaban J connectivity index is 2.51. The van der Waals surface area contributed by atoms with Crippen LogP contribution in [0.4, 0.5) is 5.82 Å². The molecule has 5 nitrogen and oxygen atoms in total. The van der Waals surface area contributed by atoms with Gasteiger partial charge in [0.1, 0.15) is 11.6 Å². The second-order valence-electron chi connectivity index (χ2n) is 4.38. The molecule has 0 aliphatic rings. The first kappa shape index (κ1) is 15.5. The van der Waals surface area contributed by atoms with Crippen LogP contribution in [0.2, 0.25) is 5.02 Å². The molecule has 112 valence electrons. The molecular formula is C15H18ClN3O2. The smallest absolute Gasteiger partial charge is 0.165 e. The molecule has 1 N–H and O–H groups in total. The quantitative estimate of drug-likeness (QED) is 0.886. The zero-order chi connectivity index (χ0) is 15.2. The minimum Gasteiger partial charge on any atom is -0.496 e. The van der Waals surface area contributed by atoms with E-state index in [1.54, 1.807) is 26.4 Å². The molecule has 2 aromatic rings. The van der Waals surface area contributed by atoms with Crippen molar-refractivity contribution in [3.63, 3.8) is 0 Å². The van der Waals surface area contributed by atoms with Crippen LogP contribution in [0.25, 0.3) is 11.4 Å². The van der Waals surface area contributed by atoms with Gasteiger partial charge in [-0.3, -0.25) is 0 Å². The average Bonchev–Trinajstić information content (AvgIpc) is 2.47. The number of anilines is 1. The minimum atomic E-state index is 0.420. The number of nitrogens with one attached hydrogen (secondary N) is 1. The van der Waals surface area contributed by atoms with Crippen LogP contribution in [0.5, 0.6) is 5.75 Å². The van der Waals surface area contributed by atoms with Gasteiger partial charge in [-0.15, -0.1) is 0 Å². The van der Waals surface area contributed by atoms with Crippen molar-refractivity contribution in [3.8, 4) is 17.1 Å². The second kappa shape index (κ2) is 7.24. The summed E-state index contributed by atoms with van der Waals surface area (Å²) in [6.45, 7) is 3.21. The summed E-state index contributed by atoms with van der Waals surface area (Å²) in [7, 11) is 3.23. The van der Waals surface area contributed by atoms with Crippen molar-refractivity contribution in [2.75, 3.05) is 26.1 Å². The maximum Gasteiger partial charge on any atom is 0.165 e. The van der Waals surface area contributed by atoms with E-state index in [1.807, 2.05) is 19.1 Å². The summed E-state index contributed by atoms with van der Waals surface area (Å²) in [6.07, 6.45) is 0. The van der Waals surface area contributed by atoms with E-state index in [0.29, 0.717) is 23.2 Å². The summed E-state index contributed by atoms with van der Waals surface area (Å²) in [5.41, 5.74) is 1.59. The highest BCUT2D eigenvalue weighted by atomic mass is 35.5. The molecule has 0 fully saturated rings. The Morgan fingerprint density at radius 2 is 2.00 bits per heavy atom. The van der Waals surface area contributed by atoms with Crippen LogP contribution in [0, 0.1) is 0 Å². The summed E-state index contributed by atoms with van der Waals surface area (Å²) >= 11 is 5.99. The molecule has 0 saturated heterocycles. The average molecular weight is 308 g/mol. The third-order valence-corrected chi connectivity index (χ3v) is 3.07. The Morgan fingerprint density at radius 3 is 2.67 bits per heavy atom. The molecule has 1 aromatic heterocycles. The lowest BCUT2D eigenvalue weighted by Crippen LogP contribution is -2.05. The lowest BCUT2D eigenvalue weighted by Gasteiger charge is -2.11. The standard InChI is InChI=1S/C15H18ClN3O2/c1-4-17-14-8-11(9-20-2)18-15(19-14)12-6-5-10(16)7-13(12)21-3/h5-8H,4,9H2,1-3H3,(H,17,18,19). The fourth-order valence-corrected chi connectivity index (χ4v) is 2.12. The Morgan fingerprint density at radius 1 is 1.19 bits per heavy atom. The molecule has 1 heterocycles. The number of hydrogen-bond acceptors (Lipinski definition) is 5. The molecular weight excluding hydrogens is 290 g/mol. The molecule has 0 aliphatic heterocycles. The van der Waals surface area contributed by atoms with E-state index in [2.05, 4.69) is 15.3 Å². The van der Waals surface area contributed by atoms with Gasteiger partial charge in [0.05, 0.1) is 25.0 Å². The van der Waals surface area contributed by atoms with Gasteiger partial charge >= 0.3 is 0 Å². The number of aromatic nitrogens is 2. The van der Waals surface area contributed by atoms with E-state index in [-0.39, 0.29) is 0 Å². The minimum absolute atomic E-state index is 0.420. The van der Waals surface area contributed by atoms with Crippen molar-refractivity contribution >= 4 is 17.4 Å². The van der Waals surface area contributed by atoms with Crippen molar-refractivity contribution in [3.05, 3.63) is 35.0 Å². The normalized spacial score (nSPS) is 10.5. The molecule has 0 saturated carbocycles. The predicted molar refractivity (Wildman–Crippen MR) is 83.9 cm³/mol. The molecule has 1 aromatic carbocycles. The predicted octanol–water partition coefficient (Wildman–Crippen LogP) is 3.38. The first-order valence-electron chi connectivity index (χ1n) is 6.62. The zero-order valence-electron chi connectivity index (χ0n) is 12.3. The van der Waals surface area contributed by atoms with Gasteiger partial charge < -0.3 is 14.8 Å². The van der Waals surface area contributed by atoms with E-state index >= 15 is 0 Å². The summed E-state index contributed by atoms with van der Waals surface area (Å²) in [5, 5.41) is 3.80. The van der Waals surface area contributed by atoms with Crippen molar-refractivity contribution in [1.82, 2.24) is 9.97 Å². The van der Waals surface area contributed by atoms with Crippen LogP contribution in [0.15, 0.2) is 24.3 Å². The topological polar surface area (TPSA) is 56.3 Å². The van der Waals surface area contributed by atoms with Gasteiger partial charge in [0.2, 0.25) is 0 Å². The molecule has 2 rings (SSSR count). The van der Waals surface area contributed by atoms with Crippen LogP contribution >= 0.6 is 11.6 Å². The van der Waals surface area contributed by atoms with Gasteiger partial charge in [-0.2, -0.15) is 0 Å². The third-order valence-electron chi connectivity index (χ3n) is 2.83. The Hall–Kier alpha value is -1.85. The van der Waals surface area contributed by atoms with E-state index in [9.17, 15) is 0 Å². The van der Waals surface area contributed by atoms with Gasteiger partial charge in [0.25, 0.3) is 0 Å². The van der Waals surface area contributed by atoms with Crippen molar-refractivity contribution in [1.29, 1.82) is 0 Å². The highest BCUT2D eigenvalue weighted by Crippen LogP contribution is 2.31. The maximum atomic E-state index is 5.99. The molecule has 0 unspecified atom stereocenters. The summed E-state index contributed by atoms with van der Waals surface area (Å²) in [4.78, 5) is 9.03. The maximum absolute atomic E-state index is 5.99. The van der Waals surface area contributed by atoms with Crippen LogP contribution in [-0.4, -0.2) is 30.7 Å². The SMILES string of the molecule is CCNc1cc(COC)nc(-c2ccc(Cl)cc2OC)n1. The monoisotopic (exact) mass is 307 g/mol. The van der Waals surface area contributed by atoms with E-state index in [4.69, 9.17) is 21.1 Å². The van der Waals surface area contributed by atoms with Crippen molar-refractivity contribution in [2.24, 2.45) is 0 Å². The summed E-state index contributed by atoms with van der Waals surface area (Å²) in [6, 6.07) is 7.26. The van der Waals surface area contributed by atoms with E-state index in [0.717, 1.165) is 23.6 Å². The van der Waals surface area contributed by atoms with Crippen LogP contribution in [0.1, 0.15) is 12.6 Å². The molecule has 0 atom stereocenters. The first-order chi connectivity index (χ1) is 10.2. The van der Waals surface area contributed by atoms with Gasteiger partial charge in [0, 0.05) is 24.7 Å². The fourth-order valence-electron chi connectivity index (χ4n) is 1.96. The third kappa shape index (κ3) is 3.83. The lowest BCUT2D eigenvalue weighted by atomic mass is 10.2. The highest BCUT2D eigenvalue weighted by Gasteiger charge is 2.12. The van der Waals surface area contributed by atoms with E-state index < -0.39 is 0 Å². The zero-order valence-corrected chi connectivity index (χ0v) is 13.1. The van der Waals surface area contributed by atoms with Crippen molar-refractivity contribution in [2.45, 2.75) is 13.5 Å². The first-order valence-corrected chi connectivity index (χ1v) is 7.00. The highest BCUT2D eigenvalue weighted by molar-refractivity contribution is 6.30. The van der Waals surface area contributed by atoms with Crippen LogP contribution in [0.3, 0.4) is 0 Å². The van der Waals surface area contributed by atoms with Gasteiger partial charge in [-0.25, -0.2) is 9.97 Å². The number of ether oxygens (including phenoxy) is 2. The number of halogens is 1. The van der Waals surface area contributed by atoms with E-state index in [1.165, 1.54) is 0 Å². The van der Waals surface area contributed by atoms with Gasteiger partial charge in [-0.1, -0.05) is 11.6 Å². The van der Waals surface area contributed by atoms with Crippen LogP contribution < -0.4 is 10.1 Å². The van der Waals surface area contributed by atoms with Crippen LogP contribution in [-0.2, 0) is 11.3 Å². The fraction of sp³-hybridized carbons (Fsp3) is 0.333. The molecule has 0 aliphatic carbocycles. The molecule has 0 bridgehead atoms. The molecule has 0 radical (unpaired) electrons. The number of benzene rings is 1. The molecule has 21 heavy (non-hydrogen) atoms. The summed E-state index contributed by atoms with van der Waals surface area (Å²) in [5.74, 6) is 1.97. The molecule has 6 heteroatoms. The lowest BCUT2D eigenvalue weighted by molar-refractivity contribution is 0.181. The van der Waals surface area contributed by atoms with Gasteiger partial charge in [0.15, 0.2) is 5.82 Å².